The first-order valence-electron chi connectivity index (χ1n) is 7.96. The van der Waals surface area contributed by atoms with Gasteiger partial charge in [-0.05, 0) is 17.7 Å². The Labute approximate surface area is 142 Å². The van der Waals surface area contributed by atoms with Gasteiger partial charge in [-0.15, -0.1) is 0 Å². The third kappa shape index (κ3) is 4.12. The van der Waals surface area contributed by atoms with Crippen molar-refractivity contribution >= 4 is 11.6 Å². The molecule has 0 aliphatic carbocycles. The molecule has 2 heterocycles. The third-order valence-electron chi connectivity index (χ3n) is 4.42. The Hall–Kier alpha value is -1.40. The number of nitrogens with zero attached hydrogens (tertiary/aromatic N) is 4. The van der Waals surface area contributed by atoms with Crippen LogP contribution in [0, 0.1) is 0 Å². The highest BCUT2D eigenvalue weighted by Crippen LogP contribution is 2.24. The van der Waals surface area contributed by atoms with E-state index in [0.717, 1.165) is 43.3 Å². The summed E-state index contributed by atoms with van der Waals surface area (Å²) in [6.45, 7) is 4.92. The molecule has 124 valence electrons. The molecule has 2 aromatic rings. The summed E-state index contributed by atoms with van der Waals surface area (Å²) in [5.74, 6) is 0. The van der Waals surface area contributed by atoms with Crippen LogP contribution in [-0.4, -0.2) is 57.5 Å². The minimum Gasteiger partial charge on any atom is -0.394 e. The summed E-state index contributed by atoms with van der Waals surface area (Å²) in [5, 5.41) is 14.8. The van der Waals surface area contributed by atoms with E-state index in [1.807, 2.05) is 42.2 Å². The molecule has 1 aliphatic heterocycles. The molecule has 0 saturated carbocycles. The van der Waals surface area contributed by atoms with Crippen LogP contribution in [-0.2, 0) is 13.6 Å². The summed E-state index contributed by atoms with van der Waals surface area (Å²) in [6, 6.07) is 7.82. The zero-order valence-electron chi connectivity index (χ0n) is 13.4. The maximum atomic E-state index is 9.82. The molecule has 3 rings (SSSR count). The van der Waals surface area contributed by atoms with E-state index in [0.29, 0.717) is 0 Å². The normalized spacial score (nSPS) is 18.2. The monoisotopic (exact) mass is 334 g/mol. The number of aliphatic hydroxyl groups is 1. The third-order valence-corrected chi connectivity index (χ3v) is 4.65. The lowest BCUT2D eigenvalue weighted by molar-refractivity contribution is 0.0621. The van der Waals surface area contributed by atoms with E-state index in [9.17, 15) is 5.11 Å². The van der Waals surface area contributed by atoms with Gasteiger partial charge in [0, 0.05) is 56.6 Å². The van der Waals surface area contributed by atoms with E-state index in [2.05, 4.69) is 21.1 Å². The second-order valence-corrected chi connectivity index (χ2v) is 6.52. The molecule has 1 fully saturated rings. The maximum absolute atomic E-state index is 9.82. The van der Waals surface area contributed by atoms with Gasteiger partial charge in [-0.2, -0.15) is 5.10 Å². The van der Waals surface area contributed by atoms with Crippen molar-refractivity contribution in [3.8, 4) is 0 Å². The second kappa shape index (κ2) is 7.45. The second-order valence-electron chi connectivity index (χ2n) is 6.09. The largest absolute Gasteiger partial charge is 0.394 e. The predicted octanol–water partition coefficient (Wildman–Crippen LogP) is 1.92. The first-order chi connectivity index (χ1) is 11.2. The molecule has 5 nitrogen and oxygen atoms in total. The molecule has 0 spiro atoms. The predicted molar refractivity (Wildman–Crippen MR) is 91.3 cm³/mol. The van der Waals surface area contributed by atoms with Gasteiger partial charge in [-0.3, -0.25) is 14.5 Å². The maximum Gasteiger partial charge on any atom is 0.0628 e. The molecular weight excluding hydrogens is 312 g/mol. The first kappa shape index (κ1) is 16.5. The van der Waals surface area contributed by atoms with Gasteiger partial charge in [0.1, 0.15) is 0 Å². The van der Waals surface area contributed by atoms with Gasteiger partial charge in [0.15, 0.2) is 0 Å². The van der Waals surface area contributed by atoms with Crippen LogP contribution in [0.25, 0.3) is 0 Å². The fourth-order valence-corrected chi connectivity index (χ4v) is 3.39. The Bertz CT molecular complexity index is 637. The highest BCUT2D eigenvalue weighted by molar-refractivity contribution is 6.30. The Morgan fingerprint density at radius 2 is 2.04 bits per heavy atom. The van der Waals surface area contributed by atoms with Crippen LogP contribution in [0.1, 0.15) is 17.2 Å². The fraction of sp³-hybridized carbons (Fsp3) is 0.471. The number of rotatable bonds is 5. The summed E-state index contributed by atoms with van der Waals surface area (Å²) in [4.78, 5) is 4.77. The number of piperazine rings is 1. The summed E-state index contributed by atoms with van der Waals surface area (Å²) in [6.07, 6.45) is 3.99. The van der Waals surface area contributed by atoms with Crippen LogP contribution in [0.15, 0.2) is 36.7 Å². The molecule has 1 N–H and O–H groups in total. The highest BCUT2D eigenvalue weighted by Gasteiger charge is 2.24. The minimum absolute atomic E-state index is 0.0224. The van der Waals surface area contributed by atoms with E-state index in [1.165, 1.54) is 5.56 Å². The van der Waals surface area contributed by atoms with Crippen molar-refractivity contribution in [2.24, 2.45) is 7.05 Å². The quantitative estimate of drug-likeness (QED) is 0.907. The lowest BCUT2D eigenvalue weighted by Gasteiger charge is -2.38. The Kier molecular flexibility index (Phi) is 5.33. The number of aliphatic hydroxyl groups excluding tert-OH is 1. The van der Waals surface area contributed by atoms with Crippen LogP contribution < -0.4 is 0 Å². The van der Waals surface area contributed by atoms with Crippen molar-refractivity contribution in [2.45, 2.75) is 12.6 Å². The van der Waals surface area contributed by atoms with Crippen molar-refractivity contribution in [3.63, 3.8) is 0 Å². The standard InChI is InChI=1S/C17H23ClN4O/c1-20-11-14(10-19-20)12-21-5-7-22(8-6-21)17(13-23)15-3-2-4-16(18)9-15/h2-4,9-11,17,23H,5-8,12-13H2,1H3/t17-/m0/s1. The molecule has 1 saturated heterocycles. The number of aromatic nitrogens is 2. The summed E-state index contributed by atoms with van der Waals surface area (Å²) >= 11 is 6.08. The van der Waals surface area contributed by atoms with E-state index >= 15 is 0 Å². The SMILES string of the molecule is Cn1cc(CN2CCN([C@@H](CO)c3cccc(Cl)c3)CC2)cn1. The van der Waals surface area contributed by atoms with Gasteiger partial charge in [0.25, 0.3) is 0 Å². The van der Waals surface area contributed by atoms with Gasteiger partial charge in [0.05, 0.1) is 18.8 Å². The zero-order chi connectivity index (χ0) is 16.2. The number of halogens is 1. The topological polar surface area (TPSA) is 44.5 Å². The average Bonchev–Trinajstić information content (AvgIpc) is 2.95. The summed E-state index contributed by atoms with van der Waals surface area (Å²) in [7, 11) is 1.94. The Balaban J connectivity index is 1.58. The molecule has 6 heteroatoms. The number of benzene rings is 1. The van der Waals surface area contributed by atoms with Gasteiger partial charge in [0.2, 0.25) is 0 Å². The van der Waals surface area contributed by atoms with Crippen molar-refractivity contribution < 1.29 is 5.11 Å². The van der Waals surface area contributed by atoms with Crippen molar-refractivity contribution in [2.75, 3.05) is 32.8 Å². The highest BCUT2D eigenvalue weighted by atomic mass is 35.5. The molecule has 1 aromatic heterocycles. The van der Waals surface area contributed by atoms with Crippen LogP contribution in [0.2, 0.25) is 5.02 Å². The molecule has 0 amide bonds. The number of hydrogen-bond acceptors (Lipinski definition) is 4. The molecule has 1 atom stereocenters. The molecule has 1 aromatic carbocycles. The molecular formula is C17H23ClN4O. The lowest BCUT2D eigenvalue weighted by Crippen LogP contribution is -2.47. The van der Waals surface area contributed by atoms with E-state index in [1.54, 1.807) is 0 Å². The van der Waals surface area contributed by atoms with Crippen LogP contribution in [0.3, 0.4) is 0 Å². The average molecular weight is 335 g/mol. The smallest absolute Gasteiger partial charge is 0.0628 e. The molecule has 0 bridgehead atoms. The number of hydrogen-bond donors (Lipinski definition) is 1. The van der Waals surface area contributed by atoms with E-state index in [-0.39, 0.29) is 12.6 Å². The molecule has 0 unspecified atom stereocenters. The zero-order valence-corrected chi connectivity index (χ0v) is 14.2. The summed E-state index contributed by atoms with van der Waals surface area (Å²) < 4.78 is 1.84. The van der Waals surface area contributed by atoms with Crippen molar-refractivity contribution in [3.05, 3.63) is 52.8 Å². The molecule has 1 aliphatic rings. The lowest BCUT2D eigenvalue weighted by atomic mass is 10.1. The number of aryl methyl sites for hydroxylation is 1. The van der Waals surface area contributed by atoms with Crippen molar-refractivity contribution in [1.82, 2.24) is 19.6 Å². The fourth-order valence-electron chi connectivity index (χ4n) is 3.19. The van der Waals surface area contributed by atoms with Crippen LogP contribution >= 0.6 is 11.6 Å². The minimum atomic E-state index is 0.0224. The Morgan fingerprint density at radius 1 is 1.26 bits per heavy atom. The Morgan fingerprint density at radius 3 is 2.65 bits per heavy atom. The first-order valence-corrected chi connectivity index (χ1v) is 8.34. The van der Waals surface area contributed by atoms with E-state index < -0.39 is 0 Å². The molecule has 0 radical (unpaired) electrons. The van der Waals surface area contributed by atoms with Gasteiger partial charge < -0.3 is 5.11 Å². The van der Waals surface area contributed by atoms with Gasteiger partial charge >= 0.3 is 0 Å². The van der Waals surface area contributed by atoms with E-state index in [4.69, 9.17) is 11.6 Å². The summed E-state index contributed by atoms with van der Waals surface area (Å²) in [5.41, 5.74) is 2.33. The van der Waals surface area contributed by atoms with Gasteiger partial charge in [-0.1, -0.05) is 23.7 Å². The van der Waals surface area contributed by atoms with Crippen molar-refractivity contribution in [1.29, 1.82) is 0 Å². The molecule has 23 heavy (non-hydrogen) atoms. The van der Waals surface area contributed by atoms with Crippen LogP contribution in [0.5, 0.6) is 0 Å². The van der Waals surface area contributed by atoms with Gasteiger partial charge in [-0.25, -0.2) is 0 Å². The van der Waals surface area contributed by atoms with Crippen LogP contribution in [0.4, 0.5) is 0 Å².